The number of nitrogens with one attached hydrogen (secondary N) is 2. The molecule has 0 fully saturated rings. The van der Waals surface area contributed by atoms with Crippen molar-refractivity contribution in [3.8, 4) is 11.1 Å². The van der Waals surface area contributed by atoms with Crippen LogP contribution in [0.15, 0.2) is 48.5 Å². The van der Waals surface area contributed by atoms with Gasteiger partial charge < -0.3 is 20.5 Å². The van der Waals surface area contributed by atoms with Gasteiger partial charge in [0.2, 0.25) is 5.91 Å². The molecule has 2 amide bonds. The molecule has 182 valence electrons. The quantitative estimate of drug-likeness (QED) is 0.476. The molecule has 3 rings (SSSR count). The number of amides is 2. The number of carbonyl (C=O) groups is 3. The van der Waals surface area contributed by atoms with E-state index in [-0.39, 0.29) is 24.4 Å². The Balaban J connectivity index is 1.66. The molecule has 0 aliphatic heterocycles. The topological polar surface area (TPSA) is 105 Å². The highest BCUT2D eigenvalue weighted by Crippen LogP contribution is 2.44. The normalized spacial score (nSPS) is 14.3. The van der Waals surface area contributed by atoms with Gasteiger partial charge in [0.25, 0.3) is 0 Å². The molecule has 34 heavy (non-hydrogen) atoms. The van der Waals surface area contributed by atoms with Crippen molar-refractivity contribution in [3.63, 3.8) is 0 Å². The van der Waals surface area contributed by atoms with E-state index in [1.807, 2.05) is 64.1 Å². The van der Waals surface area contributed by atoms with Gasteiger partial charge in [-0.05, 0) is 46.9 Å². The van der Waals surface area contributed by atoms with E-state index in [1.54, 1.807) is 0 Å². The summed E-state index contributed by atoms with van der Waals surface area (Å²) in [6.45, 7) is 7.79. The minimum atomic E-state index is -1.09. The zero-order valence-corrected chi connectivity index (χ0v) is 20.2. The number of ether oxygens (including phenoxy) is 1. The van der Waals surface area contributed by atoms with Gasteiger partial charge in [-0.3, -0.25) is 4.79 Å². The second-order valence-corrected chi connectivity index (χ2v) is 9.68. The molecular weight excluding hydrogens is 432 g/mol. The average molecular weight is 467 g/mol. The summed E-state index contributed by atoms with van der Waals surface area (Å²) in [6.07, 6.45) is -0.0248. The van der Waals surface area contributed by atoms with Gasteiger partial charge >= 0.3 is 12.1 Å². The number of carboxylic acid groups (broad SMARTS) is 1. The summed E-state index contributed by atoms with van der Waals surface area (Å²) in [5.41, 5.74) is 4.47. The molecule has 2 aromatic carbocycles. The molecule has 0 heterocycles. The summed E-state index contributed by atoms with van der Waals surface area (Å²) in [7, 11) is 0. The van der Waals surface area contributed by atoms with Gasteiger partial charge in [0, 0.05) is 5.92 Å². The van der Waals surface area contributed by atoms with E-state index < -0.39 is 30.1 Å². The van der Waals surface area contributed by atoms with Crippen molar-refractivity contribution in [2.24, 2.45) is 11.8 Å². The third kappa shape index (κ3) is 6.16. The Morgan fingerprint density at radius 2 is 1.32 bits per heavy atom. The second kappa shape index (κ2) is 11.2. The van der Waals surface area contributed by atoms with Crippen LogP contribution in [0, 0.1) is 11.8 Å². The number of fused-ring (bicyclic) bond motifs is 3. The van der Waals surface area contributed by atoms with E-state index in [1.165, 1.54) is 0 Å². The van der Waals surface area contributed by atoms with Gasteiger partial charge in [-0.25, -0.2) is 9.59 Å². The maximum atomic E-state index is 12.9. The zero-order chi connectivity index (χ0) is 24.8. The first-order valence-corrected chi connectivity index (χ1v) is 11.8. The lowest BCUT2D eigenvalue weighted by Gasteiger charge is -2.23. The Labute approximate surface area is 200 Å². The molecule has 1 aliphatic rings. The van der Waals surface area contributed by atoms with Crippen molar-refractivity contribution in [1.82, 2.24) is 10.6 Å². The van der Waals surface area contributed by atoms with Crippen LogP contribution in [0.3, 0.4) is 0 Å². The molecule has 0 spiro atoms. The van der Waals surface area contributed by atoms with E-state index in [9.17, 15) is 19.5 Å². The lowest BCUT2D eigenvalue weighted by Crippen LogP contribution is -2.52. The van der Waals surface area contributed by atoms with Crippen LogP contribution in [0.5, 0.6) is 0 Å². The largest absolute Gasteiger partial charge is 0.480 e. The SMILES string of the molecule is CC(C)CC(NC(=O)OCC1c2ccccc2-c2ccccc21)C(=O)N[C@@H](CC(C)C)C(=O)O. The number of rotatable bonds is 10. The van der Waals surface area contributed by atoms with E-state index in [0.717, 1.165) is 22.3 Å². The fourth-order valence-corrected chi connectivity index (χ4v) is 4.45. The van der Waals surface area contributed by atoms with Gasteiger partial charge in [0.05, 0.1) is 0 Å². The molecule has 1 aliphatic carbocycles. The third-order valence-electron chi connectivity index (χ3n) is 5.98. The van der Waals surface area contributed by atoms with E-state index >= 15 is 0 Å². The number of aliphatic carboxylic acids is 1. The van der Waals surface area contributed by atoms with Gasteiger partial charge in [-0.2, -0.15) is 0 Å². The highest BCUT2D eigenvalue weighted by molar-refractivity contribution is 5.89. The van der Waals surface area contributed by atoms with E-state index in [4.69, 9.17) is 4.74 Å². The van der Waals surface area contributed by atoms with Crippen molar-refractivity contribution in [2.45, 2.75) is 58.5 Å². The minimum absolute atomic E-state index is 0.0852. The van der Waals surface area contributed by atoms with Crippen LogP contribution in [0.4, 0.5) is 4.79 Å². The molecule has 1 unspecified atom stereocenters. The summed E-state index contributed by atoms with van der Waals surface area (Å²) >= 11 is 0. The molecular formula is C27H34N2O5. The lowest BCUT2D eigenvalue weighted by molar-refractivity contribution is -0.142. The maximum Gasteiger partial charge on any atom is 0.407 e. The Kier molecular flexibility index (Phi) is 8.31. The average Bonchev–Trinajstić information content (AvgIpc) is 3.10. The van der Waals surface area contributed by atoms with Crippen molar-refractivity contribution in [2.75, 3.05) is 6.61 Å². The number of carbonyl (C=O) groups excluding carboxylic acids is 2. The van der Waals surface area contributed by atoms with Gasteiger partial charge in [0.1, 0.15) is 18.7 Å². The molecule has 2 aromatic rings. The first-order chi connectivity index (χ1) is 16.2. The van der Waals surface area contributed by atoms with E-state index in [2.05, 4.69) is 22.8 Å². The lowest BCUT2D eigenvalue weighted by atomic mass is 9.98. The third-order valence-corrected chi connectivity index (χ3v) is 5.98. The first-order valence-electron chi connectivity index (χ1n) is 11.8. The Bertz CT molecular complexity index is 988. The van der Waals surface area contributed by atoms with Crippen LogP contribution in [0.25, 0.3) is 11.1 Å². The van der Waals surface area contributed by atoms with Crippen LogP contribution in [0.2, 0.25) is 0 Å². The molecule has 7 heteroatoms. The van der Waals surface area contributed by atoms with Crippen molar-refractivity contribution in [3.05, 3.63) is 59.7 Å². The minimum Gasteiger partial charge on any atom is -0.480 e. The maximum absolute atomic E-state index is 12.9. The highest BCUT2D eigenvalue weighted by atomic mass is 16.5. The van der Waals surface area contributed by atoms with Crippen LogP contribution >= 0.6 is 0 Å². The van der Waals surface area contributed by atoms with Crippen LogP contribution in [-0.2, 0) is 14.3 Å². The van der Waals surface area contributed by atoms with Gasteiger partial charge in [-0.15, -0.1) is 0 Å². The number of alkyl carbamates (subject to hydrolysis) is 1. The zero-order valence-electron chi connectivity index (χ0n) is 20.2. The molecule has 0 bridgehead atoms. The molecule has 2 atom stereocenters. The Morgan fingerprint density at radius 1 is 0.824 bits per heavy atom. The fraction of sp³-hybridized carbons (Fsp3) is 0.444. The number of benzene rings is 2. The molecule has 3 N–H and O–H groups in total. The molecule has 0 saturated heterocycles. The highest BCUT2D eigenvalue weighted by Gasteiger charge is 2.31. The summed E-state index contributed by atoms with van der Waals surface area (Å²) < 4.78 is 5.57. The van der Waals surface area contributed by atoms with Crippen LogP contribution in [0.1, 0.15) is 57.6 Å². The molecule has 0 aromatic heterocycles. The van der Waals surface area contributed by atoms with Gasteiger partial charge in [-0.1, -0.05) is 76.2 Å². The summed E-state index contributed by atoms with van der Waals surface area (Å²) in [5.74, 6) is -1.49. The Morgan fingerprint density at radius 3 is 1.82 bits per heavy atom. The fourth-order valence-electron chi connectivity index (χ4n) is 4.45. The Hall–Kier alpha value is -3.35. The molecule has 7 nitrogen and oxygen atoms in total. The molecule has 0 radical (unpaired) electrons. The first kappa shape index (κ1) is 25.3. The van der Waals surface area contributed by atoms with Gasteiger partial charge in [0.15, 0.2) is 0 Å². The standard InChI is InChI=1S/C27H34N2O5/c1-16(2)13-23(25(30)28-24(26(31)32)14-17(3)4)29-27(33)34-15-22-20-11-7-5-9-18(20)19-10-6-8-12-21(19)22/h5-12,16-17,22-24H,13-15H2,1-4H3,(H,28,30)(H,29,33)(H,31,32)/t23?,24-/m0/s1. The van der Waals surface area contributed by atoms with Crippen molar-refractivity contribution < 1.29 is 24.2 Å². The second-order valence-electron chi connectivity index (χ2n) is 9.68. The molecule has 0 saturated carbocycles. The summed E-state index contributed by atoms with van der Waals surface area (Å²) in [4.78, 5) is 37.1. The smallest absolute Gasteiger partial charge is 0.407 e. The summed E-state index contributed by atoms with van der Waals surface area (Å²) in [6, 6.07) is 14.2. The number of carboxylic acids is 1. The monoisotopic (exact) mass is 466 g/mol. The number of hydrogen-bond acceptors (Lipinski definition) is 4. The van der Waals surface area contributed by atoms with Crippen LogP contribution < -0.4 is 10.6 Å². The number of hydrogen-bond donors (Lipinski definition) is 3. The van der Waals surface area contributed by atoms with Crippen LogP contribution in [-0.4, -0.2) is 41.8 Å². The predicted octanol–water partition coefficient (Wildman–Crippen LogP) is 4.56. The summed E-state index contributed by atoms with van der Waals surface area (Å²) in [5, 5.41) is 14.7. The van der Waals surface area contributed by atoms with E-state index in [0.29, 0.717) is 12.8 Å². The van der Waals surface area contributed by atoms with Crippen molar-refractivity contribution >= 4 is 18.0 Å². The predicted molar refractivity (Wildman–Crippen MR) is 130 cm³/mol. The van der Waals surface area contributed by atoms with Crippen molar-refractivity contribution in [1.29, 1.82) is 0 Å².